The summed E-state index contributed by atoms with van der Waals surface area (Å²) in [5, 5.41) is 8.90. The monoisotopic (exact) mass is 171 g/mol. The maximum absolute atomic E-state index is 10.8. The second-order valence-corrected chi connectivity index (χ2v) is 3.75. The van der Waals surface area contributed by atoms with Gasteiger partial charge >= 0.3 is 5.97 Å². The minimum atomic E-state index is -0.669. The van der Waals surface area contributed by atoms with Crippen molar-refractivity contribution in [3.63, 3.8) is 0 Å². The molecule has 1 aliphatic rings. The normalized spacial score (nSPS) is 32.8. The first-order valence-electron chi connectivity index (χ1n) is 4.61. The van der Waals surface area contributed by atoms with Gasteiger partial charge in [-0.2, -0.15) is 0 Å². The van der Waals surface area contributed by atoms with Crippen molar-refractivity contribution < 1.29 is 9.90 Å². The van der Waals surface area contributed by atoms with E-state index in [0.29, 0.717) is 0 Å². The highest BCUT2D eigenvalue weighted by molar-refractivity contribution is 5.70. The predicted octanol–water partition coefficient (Wildman–Crippen LogP) is 1.22. The summed E-state index contributed by atoms with van der Waals surface area (Å²) in [6, 6.07) is 0.0198. The van der Waals surface area contributed by atoms with Crippen molar-refractivity contribution in [2.45, 2.75) is 38.6 Å². The SMILES string of the molecule is CC(N)C1CCCCC1C(=O)O. The molecule has 1 rings (SSSR count). The molecule has 3 unspecified atom stereocenters. The van der Waals surface area contributed by atoms with Crippen molar-refractivity contribution in [2.24, 2.45) is 17.6 Å². The molecule has 1 fully saturated rings. The Balaban J connectivity index is 2.60. The largest absolute Gasteiger partial charge is 0.481 e. The maximum Gasteiger partial charge on any atom is 0.306 e. The van der Waals surface area contributed by atoms with Crippen LogP contribution >= 0.6 is 0 Å². The second-order valence-electron chi connectivity index (χ2n) is 3.75. The standard InChI is InChI=1S/C9H17NO2/c1-6(10)7-4-2-3-5-8(7)9(11)12/h6-8H,2-5,10H2,1H3,(H,11,12). The number of nitrogens with two attached hydrogens (primary N) is 1. The summed E-state index contributed by atoms with van der Waals surface area (Å²) in [7, 11) is 0. The van der Waals surface area contributed by atoms with Crippen LogP contribution in [-0.4, -0.2) is 17.1 Å². The molecule has 0 saturated heterocycles. The summed E-state index contributed by atoms with van der Waals surface area (Å²) in [5.41, 5.74) is 5.73. The summed E-state index contributed by atoms with van der Waals surface area (Å²) < 4.78 is 0. The number of hydrogen-bond acceptors (Lipinski definition) is 2. The summed E-state index contributed by atoms with van der Waals surface area (Å²) >= 11 is 0. The summed E-state index contributed by atoms with van der Waals surface area (Å²) in [6.45, 7) is 1.91. The predicted molar refractivity (Wildman–Crippen MR) is 46.7 cm³/mol. The molecular formula is C9H17NO2. The lowest BCUT2D eigenvalue weighted by molar-refractivity contribution is -0.145. The number of carboxylic acids is 1. The van der Waals surface area contributed by atoms with E-state index < -0.39 is 5.97 Å². The van der Waals surface area contributed by atoms with E-state index in [-0.39, 0.29) is 17.9 Å². The molecular weight excluding hydrogens is 154 g/mol. The third kappa shape index (κ3) is 1.97. The molecule has 0 bridgehead atoms. The third-order valence-corrected chi connectivity index (χ3v) is 2.81. The van der Waals surface area contributed by atoms with E-state index in [1.54, 1.807) is 0 Å². The lowest BCUT2D eigenvalue weighted by Crippen LogP contribution is -2.38. The molecule has 0 radical (unpaired) electrons. The van der Waals surface area contributed by atoms with Gasteiger partial charge in [0.15, 0.2) is 0 Å². The van der Waals surface area contributed by atoms with Crippen LogP contribution in [0.15, 0.2) is 0 Å². The topological polar surface area (TPSA) is 63.3 Å². The van der Waals surface area contributed by atoms with E-state index in [1.165, 1.54) is 0 Å². The number of aliphatic carboxylic acids is 1. The average molecular weight is 171 g/mol. The Morgan fingerprint density at radius 1 is 1.50 bits per heavy atom. The van der Waals surface area contributed by atoms with E-state index in [9.17, 15) is 4.79 Å². The van der Waals surface area contributed by atoms with Gasteiger partial charge < -0.3 is 10.8 Å². The molecule has 3 atom stereocenters. The van der Waals surface area contributed by atoms with E-state index in [1.807, 2.05) is 6.92 Å². The summed E-state index contributed by atoms with van der Waals surface area (Å²) in [5.74, 6) is -0.674. The second kappa shape index (κ2) is 3.90. The van der Waals surface area contributed by atoms with Crippen LogP contribution in [0.3, 0.4) is 0 Å². The van der Waals surface area contributed by atoms with E-state index >= 15 is 0 Å². The summed E-state index contributed by atoms with van der Waals surface area (Å²) in [4.78, 5) is 10.8. The lowest BCUT2D eigenvalue weighted by Gasteiger charge is -2.31. The fourth-order valence-corrected chi connectivity index (χ4v) is 2.10. The van der Waals surface area contributed by atoms with E-state index in [2.05, 4.69) is 0 Å². The van der Waals surface area contributed by atoms with Gasteiger partial charge in [-0.15, -0.1) is 0 Å². The Hall–Kier alpha value is -0.570. The van der Waals surface area contributed by atoms with Gasteiger partial charge in [-0.25, -0.2) is 0 Å². The minimum absolute atomic E-state index is 0.0198. The van der Waals surface area contributed by atoms with Crippen LogP contribution in [0.1, 0.15) is 32.6 Å². The van der Waals surface area contributed by atoms with E-state index in [0.717, 1.165) is 25.7 Å². The van der Waals surface area contributed by atoms with Gasteiger partial charge in [0.05, 0.1) is 5.92 Å². The molecule has 12 heavy (non-hydrogen) atoms. The highest BCUT2D eigenvalue weighted by Gasteiger charge is 2.32. The van der Waals surface area contributed by atoms with Crippen LogP contribution in [0.4, 0.5) is 0 Å². The fourth-order valence-electron chi connectivity index (χ4n) is 2.10. The van der Waals surface area contributed by atoms with Crippen molar-refractivity contribution in [2.75, 3.05) is 0 Å². The Kier molecular flexibility index (Phi) is 3.09. The molecule has 0 heterocycles. The Bertz CT molecular complexity index is 168. The van der Waals surface area contributed by atoms with Gasteiger partial charge in [0.25, 0.3) is 0 Å². The molecule has 0 aliphatic heterocycles. The first-order chi connectivity index (χ1) is 5.63. The van der Waals surface area contributed by atoms with Gasteiger partial charge in [0.1, 0.15) is 0 Å². The summed E-state index contributed by atoms with van der Waals surface area (Å²) in [6.07, 6.45) is 3.96. The fraction of sp³-hybridized carbons (Fsp3) is 0.889. The smallest absolute Gasteiger partial charge is 0.306 e. The van der Waals surface area contributed by atoms with Gasteiger partial charge in [-0.05, 0) is 25.7 Å². The van der Waals surface area contributed by atoms with Crippen molar-refractivity contribution >= 4 is 5.97 Å². The maximum atomic E-state index is 10.8. The zero-order valence-electron chi connectivity index (χ0n) is 7.49. The molecule has 0 aromatic carbocycles. The van der Waals surface area contributed by atoms with Crippen LogP contribution in [0, 0.1) is 11.8 Å². The highest BCUT2D eigenvalue weighted by Crippen LogP contribution is 2.31. The van der Waals surface area contributed by atoms with Crippen LogP contribution in [0.25, 0.3) is 0 Å². The van der Waals surface area contributed by atoms with E-state index in [4.69, 9.17) is 10.8 Å². The number of carbonyl (C=O) groups is 1. The van der Waals surface area contributed by atoms with Gasteiger partial charge in [-0.3, -0.25) is 4.79 Å². The van der Waals surface area contributed by atoms with Crippen LogP contribution < -0.4 is 5.73 Å². The lowest BCUT2D eigenvalue weighted by atomic mass is 9.76. The zero-order valence-corrected chi connectivity index (χ0v) is 7.49. The van der Waals surface area contributed by atoms with Crippen LogP contribution in [0.2, 0.25) is 0 Å². The molecule has 1 saturated carbocycles. The Morgan fingerprint density at radius 3 is 2.50 bits per heavy atom. The Morgan fingerprint density at radius 2 is 2.08 bits per heavy atom. The first-order valence-corrected chi connectivity index (χ1v) is 4.61. The molecule has 0 aromatic heterocycles. The van der Waals surface area contributed by atoms with Gasteiger partial charge in [-0.1, -0.05) is 12.8 Å². The molecule has 1 aliphatic carbocycles. The molecule has 3 nitrogen and oxygen atoms in total. The van der Waals surface area contributed by atoms with Gasteiger partial charge in [0.2, 0.25) is 0 Å². The minimum Gasteiger partial charge on any atom is -0.481 e. The highest BCUT2D eigenvalue weighted by atomic mass is 16.4. The van der Waals surface area contributed by atoms with Crippen molar-refractivity contribution in [3.8, 4) is 0 Å². The molecule has 0 aromatic rings. The van der Waals surface area contributed by atoms with Gasteiger partial charge in [0, 0.05) is 6.04 Å². The quantitative estimate of drug-likeness (QED) is 0.656. The zero-order chi connectivity index (χ0) is 9.14. The molecule has 0 spiro atoms. The molecule has 3 N–H and O–H groups in total. The van der Waals surface area contributed by atoms with Crippen molar-refractivity contribution in [1.82, 2.24) is 0 Å². The van der Waals surface area contributed by atoms with Crippen LogP contribution in [0.5, 0.6) is 0 Å². The molecule has 0 amide bonds. The number of carboxylic acid groups (broad SMARTS) is 1. The number of hydrogen-bond donors (Lipinski definition) is 2. The number of rotatable bonds is 2. The average Bonchev–Trinajstić information content (AvgIpc) is 2.04. The van der Waals surface area contributed by atoms with Crippen molar-refractivity contribution in [3.05, 3.63) is 0 Å². The molecule has 3 heteroatoms. The van der Waals surface area contributed by atoms with Crippen molar-refractivity contribution in [1.29, 1.82) is 0 Å². The third-order valence-electron chi connectivity index (χ3n) is 2.81. The van der Waals surface area contributed by atoms with Crippen LogP contribution in [-0.2, 0) is 4.79 Å². The molecule has 70 valence electrons. The Labute approximate surface area is 72.9 Å². The first kappa shape index (κ1) is 9.52.